The molecule has 2 N–H and O–H groups in total. The lowest BCUT2D eigenvalue weighted by atomic mass is 9.95. The summed E-state index contributed by atoms with van der Waals surface area (Å²) in [6.07, 6.45) is 0. The van der Waals surface area contributed by atoms with E-state index in [1.54, 1.807) is 0 Å². The second kappa shape index (κ2) is 6.27. The zero-order valence-electron chi connectivity index (χ0n) is 12.5. The summed E-state index contributed by atoms with van der Waals surface area (Å²) in [6, 6.07) is 26.8. The van der Waals surface area contributed by atoms with Crippen molar-refractivity contribution in [2.24, 2.45) is 10.9 Å². The monoisotopic (exact) mass is 286 g/mol. The van der Waals surface area contributed by atoms with E-state index in [1.807, 2.05) is 48.5 Å². The first-order valence-electron chi connectivity index (χ1n) is 7.29. The second-order valence-corrected chi connectivity index (χ2v) is 5.30. The highest BCUT2D eigenvalue weighted by molar-refractivity contribution is 6.13. The van der Waals surface area contributed by atoms with Gasteiger partial charge in [-0.1, -0.05) is 66.7 Å². The molecule has 0 aliphatic carbocycles. The molecule has 0 spiro atoms. The number of hydrogen-bond donors (Lipinski definition) is 1. The minimum Gasteiger partial charge on any atom is -0.323 e. The van der Waals surface area contributed by atoms with E-state index in [0.29, 0.717) is 0 Å². The third kappa shape index (κ3) is 2.91. The Morgan fingerprint density at radius 2 is 1.36 bits per heavy atom. The van der Waals surface area contributed by atoms with Crippen LogP contribution in [0.3, 0.4) is 0 Å². The summed E-state index contributed by atoms with van der Waals surface area (Å²) in [6.45, 7) is 2.09. The topological polar surface area (TPSA) is 38.4 Å². The van der Waals surface area contributed by atoms with Crippen LogP contribution in [0.4, 0.5) is 0 Å². The van der Waals surface area contributed by atoms with Gasteiger partial charge in [0.25, 0.3) is 0 Å². The highest BCUT2D eigenvalue weighted by Crippen LogP contribution is 2.23. The highest BCUT2D eigenvalue weighted by atomic mass is 15.1. The first-order chi connectivity index (χ1) is 10.8. The average Bonchev–Trinajstić information content (AvgIpc) is 2.57. The quantitative estimate of drug-likeness (QED) is 0.433. The molecule has 0 heterocycles. The molecule has 22 heavy (non-hydrogen) atoms. The van der Waals surface area contributed by atoms with Crippen LogP contribution in [0.1, 0.15) is 16.7 Å². The fourth-order valence-electron chi connectivity index (χ4n) is 2.63. The van der Waals surface area contributed by atoms with E-state index in [2.05, 4.69) is 42.4 Å². The highest BCUT2D eigenvalue weighted by Gasteiger charge is 2.09. The van der Waals surface area contributed by atoms with Crippen molar-refractivity contribution < 1.29 is 0 Å². The molecule has 0 aliphatic heterocycles. The zero-order chi connectivity index (χ0) is 15.4. The lowest BCUT2D eigenvalue weighted by Crippen LogP contribution is -2.07. The largest absolute Gasteiger partial charge is 0.323 e. The van der Waals surface area contributed by atoms with Crippen LogP contribution in [0.2, 0.25) is 0 Å². The second-order valence-electron chi connectivity index (χ2n) is 5.30. The van der Waals surface area contributed by atoms with Crippen molar-refractivity contribution in [3.8, 4) is 11.1 Å². The first-order valence-corrected chi connectivity index (χ1v) is 7.29. The van der Waals surface area contributed by atoms with Crippen molar-refractivity contribution in [2.75, 3.05) is 0 Å². The first kappa shape index (κ1) is 14.1. The van der Waals surface area contributed by atoms with Crippen molar-refractivity contribution >= 4 is 5.71 Å². The molecule has 3 aromatic carbocycles. The Bertz CT molecular complexity index is 790. The third-order valence-corrected chi connectivity index (χ3v) is 3.63. The van der Waals surface area contributed by atoms with E-state index in [4.69, 9.17) is 5.84 Å². The standard InChI is InChI=1S/C20H18N2/c1-15-12-18(16-8-4-2-5-9-16)14-19(13-15)20(22-21)17-10-6-3-7-11-17/h2-14H,21H2,1H3/b22-20-. The van der Waals surface area contributed by atoms with Gasteiger partial charge in [0.1, 0.15) is 0 Å². The molecule has 108 valence electrons. The summed E-state index contributed by atoms with van der Waals surface area (Å²) < 4.78 is 0. The molecule has 3 rings (SSSR count). The summed E-state index contributed by atoms with van der Waals surface area (Å²) in [5, 5.41) is 4.02. The van der Waals surface area contributed by atoms with Crippen LogP contribution in [0.25, 0.3) is 11.1 Å². The van der Waals surface area contributed by atoms with Crippen LogP contribution in [0.15, 0.2) is 84.0 Å². The summed E-state index contributed by atoms with van der Waals surface area (Å²) in [5.41, 5.74) is 6.42. The Labute approximate surface area is 130 Å². The molecule has 0 saturated heterocycles. The Morgan fingerprint density at radius 3 is 2.00 bits per heavy atom. The SMILES string of the molecule is Cc1cc(/C(=N\N)c2ccccc2)cc(-c2ccccc2)c1. The minimum atomic E-state index is 0.807. The molecule has 2 nitrogen and oxygen atoms in total. The predicted octanol–water partition coefficient (Wildman–Crippen LogP) is 4.37. The Balaban J connectivity index is 2.10. The minimum absolute atomic E-state index is 0.807. The Hall–Kier alpha value is -2.87. The van der Waals surface area contributed by atoms with Crippen LogP contribution in [0.5, 0.6) is 0 Å². The molecular weight excluding hydrogens is 268 g/mol. The maximum Gasteiger partial charge on any atom is 0.0971 e. The number of benzene rings is 3. The number of nitrogens with two attached hydrogens (primary N) is 1. The fraction of sp³-hybridized carbons (Fsp3) is 0.0500. The van der Waals surface area contributed by atoms with Crippen molar-refractivity contribution in [1.82, 2.24) is 0 Å². The smallest absolute Gasteiger partial charge is 0.0971 e. The fourth-order valence-corrected chi connectivity index (χ4v) is 2.63. The summed E-state index contributed by atoms with van der Waals surface area (Å²) in [7, 11) is 0. The molecule has 0 radical (unpaired) electrons. The molecule has 0 bridgehead atoms. The normalized spacial score (nSPS) is 11.4. The Morgan fingerprint density at radius 1 is 0.727 bits per heavy atom. The van der Waals surface area contributed by atoms with Gasteiger partial charge < -0.3 is 5.84 Å². The van der Waals surface area contributed by atoms with Gasteiger partial charge in [0, 0.05) is 11.1 Å². The van der Waals surface area contributed by atoms with Gasteiger partial charge in [-0.15, -0.1) is 0 Å². The number of nitrogens with zero attached hydrogens (tertiary/aromatic N) is 1. The van der Waals surface area contributed by atoms with Crippen molar-refractivity contribution in [1.29, 1.82) is 0 Å². The van der Waals surface area contributed by atoms with E-state index in [1.165, 1.54) is 16.7 Å². The lowest BCUT2D eigenvalue weighted by molar-refractivity contribution is 1.24. The molecule has 0 unspecified atom stereocenters. The average molecular weight is 286 g/mol. The van der Waals surface area contributed by atoms with Gasteiger partial charge in [0.05, 0.1) is 5.71 Å². The van der Waals surface area contributed by atoms with Crippen LogP contribution < -0.4 is 5.84 Å². The number of hydrogen-bond acceptors (Lipinski definition) is 2. The van der Waals surface area contributed by atoms with Crippen molar-refractivity contribution in [2.45, 2.75) is 6.92 Å². The van der Waals surface area contributed by atoms with Crippen LogP contribution >= 0.6 is 0 Å². The van der Waals surface area contributed by atoms with Gasteiger partial charge in [0.2, 0.25) is 0 Å². The van der Waals surface area contributed by atoms with Gasteiger partial charge in [-0.05, 0) is 35.7 Å². The summed E-state index contributed by atoms with van der Waals surface area (Å²) >= 11 is 0. The van der Waals surface area contributed by atoms with Gasteiger partial charge in [-0.25, -0.2) is 0 Å². The molecule has 0 amide bonds. The Kier molecular flexibility index (Phi) is 4.01. The zero-order valence-corrected chi connectivity index (χ0v) is 12.5. The van der Waals surface area contributed by atoms with Crippen molar-refractivity contribution in [3.63, 3.8) is 0 Å². The predicted molar refractivity (Wildman–Crippen MR) is 92.9 cm³/mol. The number of rotatable bonds is 3. The van der Waals surface area contributed by atoms with Crippen LogP contribution in [0, 0.1) is 6.92 Å². The maximum atomic E-state index is 5.66. The maximum absolute atomic E-state index is 5.66. The molecule has 0 aliphatic rings. The molecule has 0 atom stereocenters. The van der Waals surface area contributed by atoms with E-state index < -0.39 is 0 Å². The van der Waals surface area contributed by atoms with Crippen LogP contribution in [-0.2, 0) is 0 Å². The molecule has 0 aromatic heterocycles. The number of aryl methyl sites for hydroxylation is 1. The third-order valence-electron chi connectivity index (χ3n) is 3.63. The van der Waals surface area contributed by atoms with E-state index in [-0.39, 0.29) is 0 Å². The van der Waals surface area contributed by atoms with E-state index in [9.17, 15) is 0 Å². The van der Waals surface area contributed by atoms with Gasteiger partial charge in [-0.2, -0.15) is 5.10 Å². The molecule has 2 heteroatoms. The van der Waals surface area contributed by atoms with Gasteiger partial charge >= 0.3 is 0 Å². The number of hydrazone groups is 1. The lowest BCUT2D eigenvalue weighted by Gasteiger charge is -2.10. The van der Waals surface area contributed by atoms with E-state index >= 15 is 0 Å². The van der Waals surface area contributed by atoms with Gasteiger partial charge in [0.15, 0.2) is 0 Å². The molecule has 0 saturated carbocycles. The van der Waals surface area contributed by atoms with E-state index in [0.717, 1.165) is 16.8 Å². The molecular formula is C20H18N2. The molecule has 3 aromatic rings. The van der Waals surface area contributed by atoms with Crippen LogP contribution in [-0.4, -0.2) is 5.71 Å². The summed E-state index contributed by atoms with van der Waals surface area (Å²) in [5.74, 6) is 5.66. The summed E-state index contributed by atoms with van der Waals surface area (Å²) in [4.78, 5) is 0. The van der Waals surface area contributed by atoms with Crippen molar-refractivity contribution in [3.05, 3.63) is 95.6 Å². The van der Waals surface area contributed by atoms with Gasteiger partial charge in [-0.3, -0.25) is 0 Å². The molecule has 0 fully saturated rings.